The molecular formula is C12H15N2O2. The SMILES string of the molecule is CC(C)(C)OC(=O)NN=Cc1cc[c]cc1. The maximum absolute atomic E-state index is 11.2. The van der Waals surface area contributed by atoms with E-state index in [-0.39, 0.29) is 0 Å². The Morgan fingerprint density at radius 2 is 2.06 bits per heavy atom. The van der Waals surface area contributed by atoms with Crippen LogP contribution in [0.5, 0.6) is 0 Å². The van der Waals surface area contributed by atoms with Gasteiger partial charge in [0.05, 0.1) is 6.21 Å². The zero-order valence-corrected chi connectivity index (χ0v) is 9.65. The van der Waals surface area contributed by atoms with Crippen molar-refractivity contribution in [1.82, 2.24) is 5.43 Å². The predicted octanol–water partition coefficient (Wildman–Crippen LogP) is 2.35. The smallest absolute Gasteiger partial charge is 0.428 e. The van der Waals surface area contributed by atoms with Crippen LogP contribution < -0.4 is 5.43 Å². The van der Waals surface area contributed by atoms with Crippen molar-refractivity contribution < 1.29 is 9.53 Å². The molecule has 1 aromatic rings. The molecule has 1 amide bonds. The van der Waals surface area contributed by atoms with E-state index in [1.54, 1.807) is 32.9 Å². The Balaban J connectivity index is 2.41. The predicted molar refractivity (Wildman–Crippen MR) is 62.2 cm³/mol. The van der Waals surface area contributed by atoms with Crippen molar-refractivity contribution in [2.24, 2.45) is 5.10 Å². The van der Waals surface area contributed by atoms with Gasteiger partial charge in [-0.3, -0.25) is 0 Å². The van der Waals surface area contributed by atoms with E-state index in [0.717, 1.165) is 5.56 Å². The number of carbonyl (C=O) groups is 1. The molecule has 0 bridgehead atoms. The number of carbonyl (C=O) groups excluding carboxylic acids is 1. The minimum absolute atomic E-state index is 0.513. The maximum atomic E-state index is 11.2. The van der Waals surface area contributed by atoms with Gasteiger partial charge in [0.25, 0.3) is 0 Å². The minimum Gasteiger partial charge on any atom is -0.443 e. The lowest BCUT2D eigenvalue weighted by Gasteiger charge is -2.18. The Kier molecular flexibility index (Phi) is 4.05. The lowest BCUT2D eigenvalue weighted by molar-refractivity contribution is 0.0529. The molecule has 4 heteroatoms. The second kappa shape index (κ2) is 5.30. The number of nitrogens with one attached hydrogen (secondary N) is 1. The van der Waals surface area contributed by atoms with Gasteiger partial charge in [0.2, 0.25) is 0 Å². The summed E-state index contributed by atoms with van der Waals surface area (Å²) in [5.41, 5.74) is 2.66. The molecule has 0 atom stereocenters. The molecule has 0 aliphatic rings. The molecule has 16 heavy (non-hydrogen) atoms. The summed E-state index contributed by atoms with van der Waals surface area (Å²) >= 11 is 0. The quantitative estimate of drug-likeness (QED) is 0.613. The fourth-order valence-electron chi connectivity index (χ4n) is 0.946. The number of hydrogen-bond donors (Lipinski definition) is 1. The molecule has 0 heterocycles. The van der Waals surface area contributed by atoms with Gasteiger partial charge in [0.15, 0.2) is 0 Å². The molecule has 1 radical (unpaired) electrons. The highest BCUT2D eigenvalue weighted by molar-refractivity contribution is 5.80. The fourth-order valence-corrected chi connectivity index (χ4v) is 0.946. The van der Waals surface area contributed by atoms with E-state index in [1.165, 1.54) is 6.21 Å². The Bertz CT molecular complexity index is 366. The summed E-state index contributed by atoms with van der Waals surface area (Å²) in [6.45, 7) is 5.38. The summed E-state index contributed by atoms with van der Waals surface area (Å²) in [4.78, 5) is 11.2. The summed E-state index contributed by atoms with van der Waals surface area (Å²) in [5, 5.41) is 3.76. The third-order valence-electron chi connectivity index (χ3n) is 1.51. The number of benzene rings is 1. The first kappa shape index (κ1) is 12.2. The molecule has 85 valence electrons. The molecule has 1 aromatic carbocycles. The van der Waals surface area contributed by atoms with E-state index in [9.17, 15) is 4.79 Å². The summed E-state index contributed by atoms with van der Waals surface area (Å²) in [6, 6.07) is 10.1. The van der Waals surface area contributed by atoms with Gasteiger partial charge in [-0.2, -0.15) is 5.10 Å². The van der Waals surface area contributed by atoms with Crippen LogP contribution in [-0.2, 0) is 4.74 Å². The Morgan fingerprint density at radius 3 is 2.62 bits per heavy atom. The lowest BCUT2D eigenvalue weighted by atomic mass is 10.2. The molecular weight excluding hydrogens is 204 g/mol. The zero-order chi connectivity index (χ0) is 12.0. The van der Waals surface area contributed by atoms with Gasteiger partial charge >= 0.3 is 6.09 Å². The van der Waals surface area contributed by atoms with Crippen LogP contribution in [0.15, 0.2) is 29.4 Å². The van der Waals surface area contributed by atoms with Gasteiger partial charge in [-0.1, -0.05) is 24.3 Å². The van der Waals surface area contributed by atoms with Crippen LogP contribution in [0.4, 0.5) is 4.79 Å². The van der Waals surface area contributed by atoms with Crippen LogP contribution in [0.3, 0.4) is 0 Å². The van der Waals surface area contributed by atoms with Crippen LogP contribution in [-0.4, -0.2) is 17.9 Å². The summed E-state index contributed by atoms with van der Waals surface area (Å²) in [7, 11) is 0. The molecule has 0 aromatic heterocycles. The maximum Gasteiger partial charge on any atom is 0.428 e. The van der Waals surface area contributed by atoms with Crippen molar-refractivity contribution in [3.05, 3.63) is 35.9 Å². The molecule has 0 saturated carbocycles. The van der Waals surface area contributed by atoms with Gasteiger partial charge in [0, 0.05) is 0 Å². The highest BCUT2D eigenvalue weighted by Crippen LogP contribution is 2.06. The van der Waals surface area contributed by atoms with Crippen molar-refractivity contribution in [3.63, 3.8) is 0 Å². The van der Waals surface area contributed by atoms with Crippen molar-refractivity contribution >= 4 is 12.3 Å². The second-order valence-electron chi connectivity index (χ2n) is 4.21. The normalized spacial score (nSPS) is 11.4. The van der Waals surface area contributed by atoms with E-state index >= 15 is 0 Å². The molecule has 0 unspecified atom stereocenters. The van der Waals surface area contributed by atoms with Crippen LogP contribution in [0, 0.1) is 6.07 Å². The zero-order valence-electron chi connectivity index (χ0n) is 9.65. The Hall–Kier alpha value is -1.84. The third-order valence-corrected chi connectivity index (χ3v) is 1.51. The van der Waals surface area contributed by atoms with E-state index in [0.29, 0.717) is 0 Å². The number of nitrogens with zero attached hydrogens (tertiary/aromatic N) is 1. The van der Waals surface area contributed by atoms with Crippen LogP contribution in [0.25, 0.3) is 0 Å². The molecule has 0 spiro atoms. The topological polar surface area (TPSA) is 50.7 Å². The van der Waals surface area contributed by atoms with Crippen LogP contribution >= 0.6 is 0 Å². The van der Waals surface area contributed by atoms with E-state index in [4.69, 9.17) is 4.74 Å². The second-order valence-corrected chi connectivity index (χ2v) is 4.21. The van der Waals surface area contributed by atoms with Crippen molar-refractivity contribution in [2.75, 3.05) is 0 Å². The van der Waals surface area contributed by atoms with Gasteiger partial charge in [-0.15, -0.1) is 0 Å². The summed E-state index contributed by atoms with van der Waals surface area (Å²) in [6.07, 6.45) is 0.976. The number of ether oxygens (including phenoxy) is 1. The first-order valence-corrected chi connectivity index (χ1v) is 4.95. The Labute approximate surface area is 95.3 Å². The molecule has 0 saturated heterocycles. The first-order chi connectivity index (χ1) is 7.47. The first-order valence-electron chi connectivity index (χ1n) is 4.95. The molecule has 1 N–H and O–H groups in total. The molecule has 0 aliphatic heterocycles. The largest absolute Gasteiger partial charge is 0.443 e. The lowest BCUT2D eigenvalue weighted by Crippen LogP contribution is -2.29. The number of amides is 1. The van der Waals surface area contributed by atoms with E-state index in [1.807, 2.05) is 12.1 Å². The summed E-state index contributed by atoms with van der Waals surface area (Å²) < 4.78 is 5.01. The molecule has 4 nitrogen and oxygen atoms in total. The summed E-state index contributed by atoms with van der Waals surface area (Å²) in [5.74, 6) is 0. The number of hydrogen-bond acceptors (Lipinski definition) is 3. The third kappa shape index (κ3) is 5.14. The van der Waals surface area contributed by atoms with Gasteiger partial charge in [-0.05, 0) is 32.4 Å². The van der Waals surface area contributed by atoms with Crippen LogP contribution in [0.1, 0.15) is 26.3 Å². The minimum atomic E-state index is -0.564. The van der Waals surface area contributed by atoms with Crippen LogP contribution in [0.2, 0.25) is 0 Å². The molecule has 0 aliphatic carbocycles. The standard InChI is InChI=1S/C12H15N2O2/c1-12(2,3)16-11(15)14-13-9-10-7-5-4-6-8-10/h5-9H,1-3H3,(H,14,15). The van der Waals surface area contributed by atoms with Crippen molar-refractivity contribution in [1.29, 1.82) is 0 Å². The highest BCUT2D eigenvalue weighted by Gasteiger charge is 2.15. The van der Waals surface area contributed by atoms with Gasteiger partial charge in [0.1, 0.15) is 5.60 Å². The fraction of sp³-hybridized carbons (Fsp3) is 0.333. The van der Waals surface area contributed by atoms with E-state index < -0.39 is 11.7 Å². The highest BCUT2D eigenvalue weighted by atomic mass is 16.6. The van der Waals surface area contributed by atoms with Gasteiger partial charge in [-0.25, -0.2) is 10.2 Å². The van der Waals surface area contributed by atoms with Crippen molar-refractivity contribution in [3.8, 4) is 0 Å². The molecule has 0 fully saturated rings. The number of hydrazone groups is 1. The van der Waals surface area contributed by atoms with Gasteiger partial charge < -0.3 is 4.74 Å². The average Bonchev–Trinajstić information content (AvgIpc) is 2.16. The molecule has 1 rings (SSSR count). The number of rotatable bonds is 2. The average molecular weight is 219 g/mol. The Morgan fingerprint density at radius 1 is 1.44 bits per heavy atom. The monoisotopic (exact) mass is 219 g/mol. The van der Waals surface area contributed by atoms with Crippen molar-refractivity contribution in [2.45, 2.75) is 26.4 Å². The van der Waals surface area contributed by atoms with E-state index in [2.05, 4.69) is 16.6 Å².